The van der Waals surface area contributed by atoms with Crippen LogP contribution in [0.15, 0.2) is 41.1 Å². The summed E-state index contributed by atoms with van der Waals surface area (Å²) in [7, 11) is 3.11. The lowest BCUT2D eigenvalue weighted by atomic mass is 9.58. The fraction of sp³-hybridized carbons (Fsp3) is 0.435. The Bertz CT molecular complexity index is 1020. The lowest BCUT2D eigenvalue weighted by molar-refractivity contribution is 0.172. The van der Waals surface area contributed by atoms with Crippen molar-refractivity contribution < 1.29 is 9.47 Å². The van der Waals surface area contributed by atoms with Gasteiger partial charge in [-0.3, -0.25) is 4.90 Å². The summed E-state index contributed by atoms with van der Waals surface area (Å²) in [6.07, 6.45) is 2.00. The van der Waals surface area contributed by atoms with Crippen LogP contribution < -0.4 is 15.2 Å². The number of hydrogen-bond donors (Lipinski definition) is 1. The van der Waals surface area contributed by atoms with Crippen molar-refractivity contribution in [3.05, 3.63) is 46.7 Å². The van der Waals surface area contributed by atoms with E-state index in [1.165, 1.54) is 0 Å². The van der Waals surface area contributed by atoms with E-state index >= 15 is 0 Å². The van der Waals surface area contributed by atoms with Gasteiger partial charge in [-0.25, -0.2) is 0 Å². The molecule has 7 heteroatoms. The standard InChI is InChI=1S/C23H25N5O2/c1-14(2)28-8-7-16-18(10-24)22(27)23(12-25,13-26)21(19(16)11-28)17-9-15(29-3)5-6-20(17)30-4/h5-7,9,14,19,21H,8,11,27H2,1-4H3/t19-,21-/m0/s1. The highest BCUT2D eigenvalue weighted by Gasteiger charge is 2.55. The second-order valence-corrected chi connectivity index (χ2v) is 7.83. The number of allylic oxidation sites excluding steroid dienone is 2. The molecule has 1 aromatic carbocycles. The Labute approximate surface area is 177 Å². The van der Waals surface area contributed by atoms with Crippen molar-refractivity contribution in [2.45, 2.75) is 25.8 Å². The summed E-state index contributed by atoms with van der Waals surface area (Å²) in [6.45, 7) is 5.47. The second kappa shape index (κ2) is 8.11. The number of ether oxygens (including phenoxy) is 2. The Morgan fingerprint density at radius 3 is 2.40 bits per heavy atom. The minimum absolute atomic E-state index is 0.00497. The number of fused-ring (bicyclic) bond motifs is 1. The first-order valence-electron chi connectivity index (χ1n) is 9.77. The van der Waals surface area contributed by atoms with Crippen LogP contribution in [0.2, 0.25) is 0 Å². The van der Waals surface area contributed by atoms with Crippen molar-refractivity contribution in [2.24, 2.45) is 17.1 Å². The van der Waals surface area contributed by atoms with Crippen LogP contribution in [0.5, 0.6) is 11.5 Å². The van der Waals surface area contributed by atoms with E-state index in [-0.39, 0.29) is 23.2 Å². The zero-order valence-corrected chi connectivity index (χ0v) is 17.6. The van der Waals surface area contributed by atoms with Gasteiger partial charge in [0.05, 0.1) is 37.6 Å². The zero-order valence-electron chi connectivity index (χ0n) is 17.6. The van der Waals surface area contributed by atoms with Gasteiger partial charge in [-0.05, 0) is 37.6 Å². The highest BCUT2D eigenvalue weighted by Crippen LogP contribution is 2.56. The van der Waals surface area contributed by atoms with E-state index in [2.05, 4.69) is 37.0 Å². The van der Waals surface area contributed by atoms with Gasteiger partial charge in [-0.2, -0.15) is 15.8 Å². The van der Waals surface area contributed by atoms with Gasteiger partial charge < -0.3 is 15.2 Å². The van der Waals surface area contributed by atoms with Crippen LogP contribution in [0.4, 0.5) is 0 Å². The summed E-state index contributed by atoms with van der Waals surface area (Å²) < 4.78 is 11.0. The largest absolute Gasteiger partial charge is 0.497 e. The van der Waals surface area contributed by atoms with Crippen LogP contribution in [-0.4, -0.2) is 38.3 Å². The molecule has 0 amide bonds. The van der Waals surface area contributed by atoms with Crippen LogP contribution in [0.1, 0.15) is 25.3 Å². The molecule has 0 saturated heterocycles. The number of hydrogen-bond acceptors (Lipinski definition) is 7. The Hall–Kier alpha value is -3.47. The molecule has 0 bridgehead atoms. The van der Waals surface area contributed by atoms with Gasteiger partial charge in [0.25, 0.3) is 0 Å². The van der Waals surface area contributed by atoms with Crippen molar-refractivity contribution in [3.63, 3.8) is 0 Å². The molecule has 1 heterocycles. The summed E-state index contributed by atoms with van der Waals surface area (Å²) in [5.74, 6) is 0.238. The normalized spacial score (nSPS) is 22.9. The first kappa shape index (κ1) is 21.2. The van der Waals surface area contributed by atoms with Crippen LogP contribution in [-0.2, 0) is 0 Å². The van der Waals surface area contributed by atoms with E-state index in [4.69, 9.17) is 15.2 Å². The number of rotatable bonds is 4. The third kappa shape index (κ3) is 3.07. The quantitative estimate of drug-likeness (QED) is 0.821. The predicted octanol–water partition coefficient (Wildman–Crippen LogP) is 2.84. The Morgan fingerprint density at radius 1 is 1.17 bits per heavy atom. The van der Waals surface area contributed by atoms with Gasteiger partial charge >= 0.3 is 0 Å². The number of nitriles is 3. The summed E-state index contributed by atoms with van der Waals surface area (Å²) >= 11 is 0. The highest BCUT2D eigenvalue weighted by molar-refractivity contribution is 5.61. The number of nitrogens with two attached hydrogens (primary N) is 1. The molecule has 0 fully saturated rings. The summed E-state index contributed by atoms with van der Waals surface area (Å²) in [4.78, 5) is 2.25. The van der Waals surface area contributed by atoms with Gasteiger partial charge in [0.2, 0.25) is 0 Å². The SMILES string of the molecule is COc1ccc(OC)c([C@H]2[C@H]3CN(C(C)C)CC=C3C(C#N)=C(N)C2(C#N)C#N)c1. The Kier molecular flexibility index (Phi) is 5.74. The molecule has 0 spiro atoms. The first-order valence-corrected chi connectivity index (χ1v) is 9.77. The van der Waals surface area contributed by atoms with Gasteiger partial charge in [0, 0.05) is 36.5 Å². The molecule has 1 aromatic rings. The predicted molar refractivity (Wildman–Crippen MR) is 111 cm³/mol. The average molecular weight is 403 g/mol. The van der Waals surface area contributed by atoms with Gasteiger partial charge in [-0.15, -0.1) is 0 Å². The van der Waals surface area contributed by atoms with Crippen molar-refractivity contribution in [3.8, 4) is 29.7 Å². The molecule has 0 saturated carbocycles. The van der Waals surface area contributed by atoms with Crippen LogP contribution in [0.25, 0.3) is 0 Å². The molecule has 0 unspecified atom stereocenters. The first-order chi connectivity index (χ1) is 14.4. The average Bonchev–Trinajstić information content (AvgIpc) is 2.77. The van der Waals surface area contributed by atoms with Crippen LogP contribution in [0.3, 0.4) is 0 Å². The smallest absolute Gasteiger partial charge is 0.191 e. The molecule has 3 rings (SSSR count). The molecule has 2 aliphatic rings. The lowest BCUT2D eigenvalue weighted by Gasteiger charge is -2.46. The van der Waals surface area contributed by atoms with E-state index < -0.39 is 11.3 Å². The highest BCUT2D eigenvalue weighted by atomic mass is 16.5. The maximum Gasteiger partial charge on any atom is 0.191 e. The molecular formula is C23H25N5O2. The Morgan fingerprint density at radius 2 is 1.87 bits per heavy atom. The minimum Gasteiger partial charge on any atom is -0.497 e. The molecule has 1 aliphatic heterocycles. The number of methoxy groups -OCH3 is 2. The van der Waals surface area contributed by atoms with Crippen LogP contribution in [0, 0.1) is 45.3 Å². The molecule has 7 nitrogen and oxygen atoms in total. The number of benzene rings is 1. The fourth-order valence-corrected chi connectivity index (χ4v) is 4.55. The second-order valence-electron chi connectivity index (χ2n) is 7.83. The molecule has 0 radical (unpaired) electrons. The molecule has 30 heavy (non-hydrogen) atoms. The van der Waals surface area contributed by atoms with Gasteiger partial charge in [0.1, 0.15) is 17.6 Å². The number of nitrogens with zero attached hydrogens (tertiary/aromatic N) is 4. The van der Waals surface area contributed by atoms with Crippen molar-refractivity contribution in [1.82, 2.24) is 4.90 Å². The summed E-state index contributed by atoms with van der Waals surface area (Å²) in [5, 5.41) is 30.3. The van der Waals surface area contributed by atoms with Crippen molar-refractivity contribution >= 4 is 0 Å². The topological polar surface area (TPSA) is 119 Å². The molecule has 1 aliphatic carbocycles. The maximum atomic E-state index is 10.2. The molecule has 154 valence electrons. The van der Waals surface area contributed by atoms with E-state index in [1.807, 2.05) is 6.08 Å². The molecule has 2 N–H and O–H groups in total. The zero-order chi connectivity index (χ0) is 22.1. The monoisotopic (exact) mass is 403 g/mol. The molecule has 2 atom stereocenters. The third-order valence-corrected chi connectivity index (χ3v) is 6.19. The van der Waals surface area contributed by atoms with Crippen molar-refractivity contribution in [2.75, 3.05) is 27.3 Å². The van der Waals surface area contributed by atoms with E-state index in [0.29, 0.717) is 30.2 Å². The van der Waals surface area contributed by atoms with Gasteiger partial charge in [0.15, 0.2) is 5.41 Å². The van der Waals surface area contributed by atoms with Crippen LogP contribution >= 0.6 is 0 Å². The molecular weight excluding hydrogens is 378 g/mol. The van der Waals surface area contributed by atoms with E-state index in [9.17, 15) is 15.8 Å². The minimum atomic E-state index is -1.70. The lowest BCUT2D eigenvalue weighted by Crippen LogP contribution is -2.49. The fourth-order valence-electron chi connectivity index (χ4n) is 4.55. The van der Waals surface area contributed by atoms with Gasteiger partial charge in [-0.1, -0.05) is 6.08 Å². The Balaban J connectivity index is 2.37. The van der Waals surface area contributed by atoms with E-state index in [1.54, 1.807) is 32.4 Å². The third-order valence-electron chi connectivity index (χ3n) is 6.19. The van der Waals surface area contributed by atoms with E-state index in [0.717, 1.165) is 5.57 Å². The maximum absolute atomic E-state index is 10.2. The summed E-state index contributed by atoms with van der Waals surface area (Å²) in [5.41, 5.74) is 6.37. The van der Waals surface area contributed by atoms with Crippen molar-refractivity contribution in [1.29, 1.82) is 15.8 Å². The summed E-state index contributed by atoms with van der Waals surface area (Å²) in [6, 6.07) is 12.1. The molecule has 0 aromatic heterocycles.